The smallest absolute Gasteiger partial charge is 0.260 e. The average Bonchev–Trinajstić information content (AvgIpc) is 3.15. The molecule has 0 saturated carbocycles. The van der Waals surface area contributed by atoms with Crippen LogP contribution in [0.4, 0.5) is 5.13 Å². The Hall–Kier alpha value is -3.00. The van der Waals surface area contributed by atoms with Gasteiger partial charge >= 0.3 is 0 Å². The normalized spacial score (nSPS) is 10.6. The van der Waals surface area contributed by atoms with Crippen molar-refractivity contribution in [3.05, 3.63) is 58.4 Å². The Balaban J connectivity index is 1.86. The molecule has 0 spiro atoms. The number of amides is 2. The van der Waals surface area contributed by atoms with Crippen molar-refractivity contribution in [2.24, 2.45) is 5.73 Å². The monoisotopic (exact) mass is 341 g/mol. The van der Waals surface area contributed by atoms with E-state index in [2.05, 4.69) is 15.4 Å². The number of nitrogens with two attached hydrogens (primary N) is 1. The minimum absolute atomic E-state index is 0.289. The fraction of sp³-hybridized carbons (Fsp3) is 0.125. The molecule has 3 aromatic rings. The number of hydrogen-bond donors (Lipinski definition) is 2. The van der Waals surface area contributed by atoms with Crippen molar-refractivity contribution >= 4 is 28.3 Å². The van der Waals surface area contributed by atoms with Crippen LogP contribution >= 0.6 is 11.3 Å². The van der Waals surface area contributed by atoms with E-state index in [0.717, 1.165) is 22.6 Å². The minimum Gasteiger partial charge on any atom is -0.365 e. The van der Waals surface area contributed by atoms with E-state index >= 15 is 0 Å². The summed E-state index contributed by atoms with van der Waals surface area (Å²) < 4.78 is 1.72. The molecule has 7 nitrogen and oxygen atoms in total. The summed E-state index contributed by atoms with van der Waals surface area (Å²) in [4.78, 5) is 27.8. The largest absolute Gasteiger partial charge is 0.365 e. The molecule has 24 heavy (non-hydrogen) atoms. The van der Waals surface area contributed by atoms with Gasteiger partial charge in [0.15, 0.2) is 5.13 Å². The van der Waals surface area contributed by atoms with Crippen molar-refractivity contribution < 1.29 is 9.59 Å². The van der Waals surface area contributed by atoms with E-state index in [1.165, 1.54) is 12.4 Å². The van der Waals surface area contributed by atoms with E-state index in [0.29, 0.717) is 16.4 Å². The molecule has 0 bridgehead atoms. The summed E-state index contributed by atoms with van der Waals surface area (Å²) in [6, 6.07) is 7.79. The van der Waals surface area contributed by atoms with Crippen molar-refractivity contribution in [3.63, 3.8) is 0 Å². The van der Waals surface area contributed by atoms with E-state index in [1.54, 1.807) is 4.68 Å². The molecule has 2 amide bonds. The van der Waals surface area contributed by atoms with E-state index < -0.39 is 5.91 Å². The lowest BCUT2D eigenvalue weighted by molar-refractivity contribution is 0.100. The van der Waals surface area contributed by atoms with Crippen LogP contribution < -0.4 is 11.1 Å². The van der Waals surface area contributed by atoms with Gasteiger partial charge in [0.25, 0.3) is 11.8 Å². The second-order valence-electron chi connectivity index (χ2n) is 5.19. The zero-order chi connectivity index (χ0) is 17.3. The molecule has 3 rings (SSSR count). The SMILES string of the molecule is Cc1ccccc1-n1ncc(C(=O)Nc2ncc(C(N)=O)s2)c1C. The third-order valence-corrected chi connectivity index (χ3v) is 4.49. The van der Waals surface area contributed by atoms with Crippen molar-refractivity contribution in [1.82, 2.24) is 14.8 Å². The molecule has 0 aliphatic rings. The highest BCUT2D eigenvalue weighted by atomic mass is 32.1. The van der Waals surface area contributed by atoms with Crippen LogP contribution in [0.1, 0.15) is 31.3 Å². The summed E-state index contributed by atoms with van der Waals surface area (Å²) in [5.41, 5.74) is 8.31. The number of primary amides is 1. The Labute approximate surface area is 142 Å². The van der Waals surface area contributed by atoms with Gasteiger partial charge in [-0.2, -0.15) is 5.10 Å². The van der Waals surface area contributed by atoms with Gasteiger partial charge in [-0.25, -0.2) is 9.67 Å². The molecule has 0 fully saturated rings. The lowest BCUT2D eigenvalue weighted by Gasteiger charge is -2.08. The number of aryl methyl sites for hydroxylation is 1. The molecule has 0 aliphatic carbocycles. The highest BCUT2D eigenvalue weighted by Crippen LogP contribution is 2.21. The Bertz CT molecular complexity index is 928. The fourth-order valence-electron chi connectivity index (χ4n) is 2.29. The number of carbonyl (C=O) groups excluding carboxylic acids is 2. The molecular weight excluding hydrogens is 326 g/mol. The van der Waals surface area contributed by atoms with Gasteiger partial charge in [-0.1, -0.05) is 29.5 Å². The molecule has 8 heteroatoms. The Morgan fingerprint density at radius 2 is 1.96 bits per heavy atom. The predicted molar refractivity (Wildman–Crippen MR) is 91.6 cm³/mol. The lowest BCUT2D eigenvalue weighted by Crippen LogP contribution is -2.13. The number of aromatic nitrogens is 3. The quantitative estimate of drug-likeness (QED) is 0.760. The highest BCUT2D eigenvalue weighted by molar-refractivity contribution is 7.17. The van der Waals surface area contributed by atoms with Crippen LogP contribution in [-0.2, 0) is 0 Å². The number of hydrogen-bond acceptors (Lipinski definition) is 5. The number of benzene rings is 1. The summed E-state index contributed by atoms with van der Waals surface area (Å²) in [7, 11) is 0. The highest BCUT2D eigenvalue weighted by Gasteiger charge is 2.17. The summed E-state index contributed by atoms with van der Waals surface area (Å²) in [6.07, 6.45) is 2.85. The van der Waals surface area contributed by atoms with Crippen LogP contribution in [-0.4, -0.2) is 26.6 Å². The lowest BCUT2D eigenvalue weighted by atomic mass is 10.2. The molecule has 1 aromatic carbocycles. The van der Waals surface area contributed by atoms with E-state index in [1.807, 2.05) is 38.1 Å². The van der Waals surface area contributed by atoms with Gasteiger partial charge in [-0.15, -0.1) is 0 Å². The molecule has 0 saturated heterocycles. The first-order chi connectivity index (χ1) is 11.5. The number of para-hydroxylation sites is 1. The van der Waals surface area contributed by atoms with Gasteiger partial charge in [-0.05, 0) is 25.5 Å². The van der Waals surface area contributed by atoms with E-state index in [4.69, 9.17) is 5.73 Å². The van der Waals surface area contributed by atoms with Gasteiger partial charge in [0.05, 0.1) is 29.3 Å². The summed E-state index contributed by atoms with van der Waals surface area (Å²) >= 11 is 1.03. The molecule has 0 unspecified atom stereocenters. The molecule has 122 valence electrons. The first kappa shape index (κ1) is 15.9. The second kappa shape index (κ2) is 6.25. The zero-order valence-electron chi connectivity index (χ0n) is 13.1. The molecule has 2 heterocycles. The zero-order valence-corrected chi connectivity index (χ0v) is 13.9. The maximum atomic E-state index is 12.4. The summed E-state index contributed by atoms with van der Waals surface area (Å²) in [5, 5.41) is 7.29. The molecule has 3 N–H and O–H groups in total. The molecule has 2 aromatic heterocycles. The second-order valence-corrected chi connectivity index (χ2v) is 6.22. The van der Waals surface area contributed by atoms with Crippen LogP contribution in [0, 0.1) is 13.8 Å². The van der Waals surface area contributed by atoms with Gasteiger partial charge in [0.2, 0.25) is 0 Å². The number of thiazole rings is 1. The van der Waals surface area contributed by atoms with Gasteiger partial charge in [0, 0.05) is 0 Å². The summed E-state index contributed by atoms with van der Waals surface area (Å²) in [5.74, 6) is -0.908. The third kappa shape index (κ3) is 2.91. The number of rotatable bonds is 4. The molecule has 0 aliphatic heterocycles. The first-order valence-electron chi connectivity index (χ1n) is 7.15. The maximum absolute atomic E-state index is 12.4. The Morgan fingerprint density at radius 3 is 2.62 bits per heavy atom. The fourth-order valence-corrected chi connectivity index (χ4v) is 2.95. The predicted octanol–water partition coefficient (Wildman–Crippen LogP) is 2.30. The van der Waals surface area contributed by atoms with Crippen LogP contribution in [0.25, 0.3) is 5.69 Å². The van der Waals surface area contributed by atoms with Gasteiger partial charge in [0.1, 0.15) is 4.88 Å². The molecule has 0 atom stereocenters. The van der Waals surface area contributed by atoms with Crippen molar-refractivity contribution in [2.45, 2.75) is 13.8 Å². The maximum Gasteiger partial charge on any atom is 0.260 e. The van der Waals surface area contributed by atoms with Crippen molar-refractivity contribution in [1.29, 1.82) is 0 Å². The number of carbonyl (C=O) groups is 2. The average molecular weight is 341 g/mol. The number of anilines is 1. The summed E-state index contributed by atoms with van der Waals surface area (Å²) in [6.45, 7) is 3.81. The van der Waals surface area contributed by atoms with Crippen LogP contribution in [0.5, 0.6) is 0 Å². The number of nitrogens with one attached hydrogen (secondary N) is 1. The topological polar surface area (TPSA) is 103 Å². The van der Waals surface area contributed by atoms with E-state index in [-0.39, 0.29) is 10.8 Å². The van der Waals surface area contributed by atoms with Crippen molar-refractivity contribution in [3.8, 4) is 5.69 Å². The Morgan fingerprint density at radius 1 is 1.21 bits per heavy atom. The van der Waals surface area contributed by atoms with E-state index in [9.17, 15) is 9.59 Å². The third-order valence-electron chi connectivity index (χ3n) is 3.57. The van der Waals surface area contributed by atoms with Crippen LogP contribution in [0.15, 0.2) is 36.7 Å². The minimum atomic E-state index is -0.573. The Kier molecular flexibility index (Phi) is 4.13. The first-order valence-corrected chi connectivity index (χ1v) is 7.96. The van der Waals surface area contributed by atoms with Crippen LogP contribution in [0.2, 0.25) is 0 Å². The van der Waals surface area contributed by atoms with Crippen LogP contribution in [0.3, 0.4) is 0 Å². The van der Waals surface area contributed by atoms with Gasteiger partial charge in [-0.3, -0.25) is 14.9 Å². The molecular formula is C16H15N5O2S. The standard InChI is InChI=1S/C16H15N5O2S/c1-9-5-3-4-6-12(9)21-10(2)11(7-19-21)15(23)20-16-18-8-13(24-16)14(17)22/h3-8H,1-2H3,(H2,17,22)(H,18,20,23). The van der Waals surface area contributed by atoms with Crippen molar-refractivity contribution in [2.75, 3.05) is 5.32 Å². The van der Waals surface area contributed by atoms with Gasteiger partial charge < -0.3 is 5.73 Å². The molecule has 0 radical (unpaired) electrons. The number of nitrogens with zero attached hydrogens (tertiary/aromatic N) is 3.